The van der Waals surface area contributed by atoms with Crippen molar-refractivity contribution in [2.24, 2.45) is 0 Å². The van der Waals surface area contributed by atoms with Crippen LogP contribution in [-0.4, -0.2) is 16.5 Å². The first-order chi connectivity index (χ1) is 6.84. The van der Waals surface area contributed by atoms with Crippen LogP contribution in [-0.2, 0) is 13.0 Å². The molecule has 0 aromatic carbocycles. The monoisotopic (exact) mass is 207 g/mol. The molecule has 0 radical (unpaired) electrons. The van der Waals surface area contributed by atoms with Crippen LogP contribution in [0.25, 0.3) is 11.0 Å². The molecule has 2 aromatic rings. The maximum Gasteiger partial charge on any atom is 0.137 e. The summed E-state index contributed by atoms with van der Waals surface area (Å²) in [5.74, 6) is 0. The molecular formula is C10H10ClN3. The summed E-state index contributed by atoms with van der Waals surface area (Å²) in [6.45, 7) is 1.94. The summed E-state index contributed by atoms with van der Waals surface area (Å²) in [7, 11) is 0. The predicted molar refractivity (Wildman–Crippen MR) is 56.5 cm³/mol. The van der Waals surface area contributed by atoms with Gasteiger partial charge in [-0.15, -0.1) is 0 Å². The van der Waals surface area contributed by atoms with Crippen molar-refractivity contribution in [2.75, 3.05) is 6.54 Å². The van der Waals surface area contributed by atoms with Gasteiger partial charge in [0.15, 0.2) is 0 Å². The van der Waals surface area contributed by atoms with Crippen LogP contribution in [0.4, 0.5) is 0 Å². The van der Waals surface area contributed by atoms with Gasteiger partial charge in [-0.25, -0.2) is 4.98 Å². The van der Waals surface area contributed by atoms with Gasteiger partial charge in [-0.05, 0) is 24.6 Å². The van der Waals surface area contributed by atoms with Crippen molar-refractivity contribution in [1.82, 2.24) is 15.3 Å². The van der Waals surface area contributed by atoms with E-state index in [9.17, 15) is 0 Å². The fourth-order valence-electron chi connectivity index (χ4n) is 2.01. The Kier molecular flexibility index (Phi) is 1.75. The molecule has 0 saturated carbocycles. The average molecular weight is 208 g/mol. The lowest BCUT2D eigenvalue weighted by molar-refractivity contribution is 0.637. The molecule has 0 aliphatic carbocycles. The van der Waals surface area contributed by atoms with Crippen LogP contribution in [0, 0.1) is 0 Å². The van der Waals surface area contributed by atoms with E-state index in [4.69, 9.17) is 11.6 Å². The van der Waals surface area contributed by atoms with Crippen LogP contribution in [0.5, 0.6) is 0 Å². The number of aromatic nitrogens is 2. The van der Waals surface area contributed by atoms with E-state index < -0.39 is 0 Å². The molecule has 3 nitrogen and oxygen atoms in total. The lowest BCUT2D eigenvalue weighted by atomic mass is 10.1. The number of H-pyrrole nitrogens is 1. The van der Waals surface area contributed by atoms with Gasteiger partial charge in [0.05, 0.1) is 5.02 Å². The second-order valence-corrected chi connectivity index (χ2v) is 4.00. The van der Waals surface area contributed by atoms with Gasteiger partial charge in [0.25, 0.3) is 0 Å². The zero-order valence-corrected chi connectivity index (χ0v) is 8.36. The molecule has 0 spiro atoms. The van der Waals surface area contributed by atoms with E-state index >= 15 is 0 Å². The van der Waals surface area contributed by atoms with Crippen LogP contribution < -0.4 is 5.32 Å². The third kappa shape index (κ3) is 1.13. The molecule has 0 unspecified atom stereocenters. The fraction of sp³-hybridized carbons (Fsp3) is 0.300. The van der Waals surface area contributed by atoms with E-state index in [2.05, 4.69) is 15.3 Å². The first kappa shape index (κ1) is 8.26. The minimum atomic E-state index is 0.706. The van der Waals surface area contributed by atoms with Crippen molar-refractivity contribution in [3.63, 3.8) is 0 Å². The number of halogens is 1. The summed E-state index contributed by atoms with van der Waals surface area (Å²) in [5, 5.41) is 5.21. The molecule has 3 rings (SSSR count). The number of hydrogen-bond donors (Lipinski definition) is 2. The molecule has 2 aromatic heterocycles. The second-order valence-electron chi connectivity index (χ2n) is 3.56. The maximum atomic E-state index is 5.93. The van der Waals surface area contributed by atoms with Gasteiger partial charge >= 0.3 is 0 Å². The van der Waals surface area contributed by atoms with Crippen LogP contribution in [0.1, 0.15) is 11.3 Å². The third-order valence-electron chi connectivity index (χ3n) is 2.67. The van der Waals surface area contributed by atoms with Crippen molar-refractivity contribution >= 4 is 22.6 Å². The molecule has 3 heterocycles. The number of aromatic amines is 1. The molecule has 2 N–H and O–H groups in total. The highest BCUT2D eigenvalue weighted by atomic mass is 35.5. The Morgan fingerprint density at radius 3 is 3.29 bits per heavy atom. The first-order valence-corrected chi connectivity index (χ1v) is 5.08. The molecule has 14 heavy (non-hydrogen) atoms. The van der Waals surface area contributed by atoms with E-state index in [1.165, 1.54) is 16.6 Å². The summed E-state index contributed by atoms with van der Waals surface area (Å²) < 4.78 is 0. The Labute approximate surface area is 86.5 Å². The Morgan fingerprint density at radius 1 is 1.43 bits per heavy atom. The van der Waals surface area contributed by atoms with Crippen molar-refractivity contribution in [2.45, 2.75) is 13.0 Å². The van der Waals surface area contributed by atoms with Crippen LogP contribution in [0.2, 0.25) is 5.02 Å². The summed E-state index contributed by atoms with van der Waals surface area (Å²) in [6.07, 6.45) is 2.73. The van der Waals surface area contributed by atoms with Gasteiger partial charge < -0.3 is 10.3 Å². The minimum Gasteiger partial charge on any atom is -0.342 e. The zero-order valence-electron chi connectivity index (χ0n) is 7.60. The Bertz CT molecular complexity index is 489. The molecule has 0 bridgehead atoms. The summed E-state index contributed by atoms with van der Waals surface area (Å²) >= 11 is 5.93. The number of nitrogens with one attached hydrogen (secondary N) is 2. The van der Waals surface area contributed by atoms with Gasteiger partial charge in [0.2, 0.25) is 0 Å². The molecule has 4 heteroatoms. The topological polar surface area (TPSA) is 40.7 Å². The molecule has 0 atom stereocenters. The number of rotatable bonds is 0. The SMILES string of the molecule is Clc1cnc2[nH]c3c(c2c1)CCNC3. The van der Waals surface area contributed by atoms with Crippen molar-refractivity contribution in [3.05, 3.63) is 28.5 Å². The predicted octanol–water partition coefficient (Wildman–Crippen LogP) is 1.86. The number of pyridine rings is 1. The van der Waals surface area contributed by atoms with E-state index in [0.717, 1.165) is 25.2 Å². The number of nitrogens with zero attached hydrogens (tertiary/aromatic N) is 1. The standard InChI is InChI=1S/C10H10ClN3/c11-6-3-8-7-1-2-12-5-9(7)14-10(8)13-4-6/h3-4,12H,1-2,5H2,(H,13,14). The van der Waals surface area contributed by atoms with Gasteiger partial charge in [0, 0.05) is 23.8 Å². The van der Waals surface area contributed by atoms with Gasteiger partial charge in [-0.2, -0.15) is 0 Å². The molecule has 72 valence electrons. The number of fused-ring (bicyclic) bond motifs is 3. The highest BCUT2D eigenvalue weighted by molar-refractivity contribution is 6.31. The highest BCUT2D eigenvalue weighted by Crippen LogP contribution is 2.25. The van der Waals surface area contributed by atoms with Crippen molar-refractivity contribution in [1.29, 1.82) is 0 Å². The molecule has 1 aliphatic heterocycles. The third-order valence-corrected chi connectivity index (χ3v) is 2.87. The Hall–Kier alpha value is -1.06. The van der Waals surface area contributed by atoms with Gasteiger partial charge in [-0.3, -0.25) is 0 Å². The smallest absolute Gasteiger partial charge is 0.137 e. The van der Waals surface area contributed by atoms with Crippen LogP contribution in [0.3, 0.4) is 0 Å². The Morgan fingerprint density at radius 2 is 2.36 bits per heavy atom. The van der Waals surface area contributed by atoms with E-state index in [-0.39, 0.29) is 0 Å². The van der Waals surface area contributed by atoms with E-state index in [1.54, 1.807) is 6.20 Å². The van der Waals surface area contributed by atoms with E-state index in [1.807, 2.05) is 6.07 Å². The van der Waals surface area contributed by atoms with Crippen LogP contribution >= 0.6 is 11.6 Å². The average Bonchev–Trinajstić information content (AvgIpc) is 2.56. The normalized spacial score (nSPS) is 15.8. The van der Waals surface area contributed by atoms with Crippen molar-refractivity contribution in [3.8, 4) is 0 Å². The Balaban J connectivity index is 2.32. The quantitative estimate of drug-likeness (QED) is 0.693. The minimum absolute atomic E-state index is 0.706. The molecule has 0 saturated heterocycles. The van der Waals surface area contributed by atoms with E-state index in [0.29, 0.717) is 5.02 Å². The highest BCUT2D eigenvalue weighted by Gasteiger charge is 2.15. The largest absolute Gasteiger partial charge is 0.342 e. The van der Waals surface area contributed by atoms with Crippen LogP contribution in [0.15, 0.2) is 12.3 Å². The summed E-state index contributed by atoms with van der Waals surface area (Å²) in [4.78, 5) is 7.58. The fourth-order valence-corrected chi connectivity index (χ4v) is 2.17. The van der Waals surface area contributed by atoms with Gasteiger partial charge in [0.1, 0.15) is 5.65 Å². The van der Waals surface area contributed by atoms with Gasteiger partial charge in [-0.1, -0.05) is 11.6 Å². The van der Waals surface area contributed by atoms with Crippen molar-refractivity contribution < 1.29 is 0 Å². The maximum absolute atomic E-state index is 5.93. The zero-order chi connectivity index (χ0) is 9.54. The molecule has 1 aliphatic rings. The molecular weight excluding hydrogens is 198 g/mol. The number of hydrogen-bond acceptors (Lipinski definition) is 2. The lowest BCUT2D eigenvalue weighted by Gasteiger charge is -2.12. The molecule has 0 fully saturated rings. The summed E-state index contributed by atoms with van der Waals surface area (Å²) in [6, 6.07) is 1.99. The first-order valence-electron chi connectivity index (χ1n) is 4.70. The molecule has 0 amide bonds. The second kappa shape index (κ2) is 2.97. The lowest BCUT2D eigenvalue weighted by Crippen LogP contribution is -2.22. The summed E-state index contributed by atoms with van der Waals surface area (Å²) in [5.41, 5.74) is 3.57.